The molecule has 3 heterocycles. The average molecular weight is 338 g/mol. The Morgan fingerprint density at radius 3 is 3.00 bits per heavy atom. The molecule has 130 valence electrons. The molecule has 3 aromatic rings. The number of para-hydroxylation sites is 1. The van der Waals surface area contributed by atoms with Crippen LogP contribution in [0.4, 0.5) is 0 Å². The third kappa shape index (κ3) is 2.81. The highest BCUT2D eigenvalue weighted by molar-refractivity contribution is 5.86. The van der Waals surface area contributed by atoms with E-state index in [-0.39, 0.29) is 11.9 Å². The molecule has 4 rings (SSSR count). The number of rotatable bonds is 4. The van der Waals surface area contributed by atoms with Crippen LogP contribution in [-0.4, -0.2) is 32.1 Å². The highest BCUT2D eigenvalue weighted by atomic mass is 16.5. The molecule has 0 aliphatic carbocycles. The molecule has 0 radical (unpaired) electrons. The van der Waals surface area contributed by atoms with Gasteiger partial charge >= 0.3 is 0 Å². The summed E-state index contributed by atoms with van der Waals surface area (Å²) in [6.45, 7) is 5.14. The number of carbonyl (C=O) groups excluding carboxylic acids is 1. The zero-order valence-corrected chi connectivity index (χ0v) is 14.6. The minimum absolute atomic E-state index is 0.0699. The fourth-order valence-electron chi connectivity index (χ4n) is 3.68. The third-order valence-electron chi connectivity index (χ3n) is 4.95. The van der Waals surface area contributed by atoms with E-state index < -0.39 is 0 Å². The van der Waals surface area contributed by atoms with E-state index in [9.17, 15) is 4.79 Å². The Balaban J connectivity index is 1.57. The Morgan fingerprint density at radius 1 is 1.36 bits per heavy atom. The normalized spacial score (nSPS) is 17.5. The van der Waals surface area contributed by atoms with E-state index in [1.54, 1.807) is 0 Å². The predicted molar refractivity (Wildman–Crippen MR) is 94.0 cm³/mol. The molecule has 1 atom stereocenters. The van der Waals surface area contributed by atoms with Gasteiger partial charge in [0.25, 0.3) is 0 Å². The Morgan fingerprint density at radius 2 is 2.20 bits per heavy atom. The lowest BCUT2D eigenvalue weighted by Crippen LogP contribution is -2.33. The van der Waals surface area contributed by atoms with E-state index in [0.29, 0.717) is 24.7 Å². The van der Waals surface area contributed by atoms with E-state index in [1.165, 1.54) is 10.9 Å². The van der Waals surface area contributed by atoms with Crippen molar-refractivity contribution >= 4 is 16.8 Å². The monoisotopic (exact) mass is 338 g/mol. The van der Waals surface area contributed by atoms with Crippen LogP contribution in [0.15, 0.2) is 35.0 Å². The zero-order valence-electron chi connectivity index (χ0n) is 14.6. The van der Waals surface area contributed by atoms with Gasteiger partial charge in [-0.25, -0.2) is 0 Å². The number of hydrogen-bond donors (Lipinski definition) is 0. The number of carbonyl (C=O) groups is 1. The van der Waals surface area contributed by atoms with E-state index in [4.69, 9.17) is 4.52 Å². The molecule has 0 N–H and O–H groups in total. The molecule has 0 spiro atoms. The van der Waals surface area contributed by atoms with Gasteiger partial charge in [0.05, 0.1) is 6.04 Å². The highest BCUT2D eigenvalue weighted by Gasteiger charge is 2.33. The maximum absolute atomic E-state index is 12.9. The summed E-state index contributed by atoms with van der Waals surface area (Å²) in [6, 6.07) is 8.12. The zero-order chi connectivity index (χ0) is 17.4. The van der Waals surface area contributed by atoms with Crippen molar-refractivity contribution in [2.75, 3.05) is 6.54 Å². The summed E-state index contributed by atoms with van der Waals surface area (Å²) >= 11 is 0. The Kier molecular flexibility index (Phi) is 4.03. The lowest BCUT2D eigenvalue weighted by molar-refractivity contribution is -0.132. The number of aryl methyl sites for hydroxylation is 2. The topological polar surface area (TPSA) is 64.2 Å². The highest BCUT2D eigenvalue weighted by Crippen LogP contribution is 2.31. The molecule has 1 aliphatic heterocycles. The van der Waals surface area contributed by atoms with Crippen LogP contribution in [0, 0.1) is 6.92 Å². The van der Waals surface area contributed by atoms with Crippen LogP contribution in [-0.2, 0) is 17.8 Å². The summed E-state index contributed by atoms with van der Waals surface area (Å²) in [4.78, 5) is 19.3. The van der Waals surface area contributed by atoms with Crippen LogP contribution in [0.25, 0.3) is 10.9 Å². The summed E-state index contributed by atoms with van der Waals surface area (Å²) in [5.41, 5.74) is 2.28. The Labute approximate surface area is 146 Å². The van der Waals surface area contributed by atoms with Gasteiger partial charge in [0.15, 0.2) is 5.82 Å². The van der Waals surface area contributed by atoms with Gasteiger partial charge in [-0.05, 0) is 31.4 Å². The summed E-state index contributed by atoms with van der Waals surface area (Å²) in [5, 5.41) is 5.27. The number of benzene rings is 1. The molecular formula is C19H22N4O2. The SMILES string of the molecule is CCc1nc([C@H]2CCCN2C(=O)Cn2cc(C)c3ccccc32)no1. The van der Waals surface area contributed by atoms with Crippen molar-refractivity contribution in [3.05, 3.63) is 47.7 Å². The third-order valence-corrected chi connectivity index (χ3v) is 4.95. The molecule has 6 nitrogen and oxygen atoms in total. The number of likely N-dealkylation sites (tertiary alicyclic amines) is 1. The molecule has 1 fully saturated rings. The van der Waals surface area contributed by atoms with Crippen LogP contribution in [0.2, 0.25) is 0 Å². The van der Waals surface area contributed by atoms with E-state index in [1.807, 2.05) is 28.5 Å². The van der Waals surface area contributed by atoms with Crippen molar-refractivity contribution in [3.63, 3.8) is 0 Å². The fourth-order valence-corrected chi connectivity index (χ4v) is 3.68. The second-order valence-corrected chi connectivity index (χ2v) is 6.60. The van der Waals surface area contributed by atoms with Crippen LogP contribution < -0.4 is 0 Å². The molecule has 25 heavy (non-hydrogen) atoms. The average Bonchev–Trinajstić information content (AvgIpc) is 3.34. The predicted octanol–water partition coefficient (Wildman–Crippen LogP) is 3.26. The van der Waals surface area contributed by atoms with Crippen LogP contribution >= 0.6 is 0 Å². The number of fused-ring (bicyclic) bond motifs is 1. The van der Waals surface area contributed by atoms with Crippen LogP contribution in [0.1, 0.15) is 43.1 Å². The standard InChI is InChI=1S/C19H22N4O2/c1-3-17-20-19(21-25-17)16-9-6-10-23(16)18(24)12-22-11-13(2)14-7-4-5-8-15(14)22/h4-5,7-8,11,16H,3,6,9-10,12H2,1-2H3/t16-/m1/s1. The number of nitrogens with zero attached hydrogens (tertiary/aromatic N) is 4. The Bertz CT molecular complexity index is 911. The van der Waals surface area contributed by atoms with Gasteiger partial charge in [-0.1, -0.05) is 30.3 Å². The molecule has 0 unspecified atom stereocenters. The summed E-state index contributed by atoms with van der Waals surface area (Å²) in [5.74, 6) is 1.36. The van der Waals surface area contributed by atoms with Gasteiger partial charge in [0.1, 0.15) is 6.54 Å². The largest absolute Gasteiger partial charge is 0.339 e. The van der Waals surface area contributed by atoms with Crippen molar-refractivity contribution in [2.24, 2.45) is 0 Å². The maximum Gasteiger partial charge on any atom is 0.243 e. The van der Waals surface area contributed by atoms with Gasteiger partial charge in [0, 0.05) is 30.1 Å². The van der Waals surface area contributed by atoms with Crippen molar-refractivity contribution in [2.45, 2.75) is 45.7 Å². The van der Waals surface area contributed by atoms with E-state index in [2.05, 4.69) is 35.4 Å². The van der Waals surface area contributed by atoms with Crippen molar-refractivity contribution < 1.29 is 9.32 Å². The molecule has 1 saturated heterocycles. The van der Waals surface area contributed by atoms with E-state index >= 15 is 0 Å². The number of aromatic nitrogens is 3. The summed E-state index contributed by atoms with van der Waals surface area (Å²) in [7, 11) is 0. The molecule has 0 saturated carbocycles. The summed E-state index contributed by atoms with van der Waals surface area (Å²) < 4.78 is 7.27. The molecule has 0 bridgehead atoms. The molecule has 2 aromatic heterocycles. The maximum atomic E-state index is 12.9. The van der Waals surface area contributed by atoms with Crippen molar-refractivity contribution in [1.29, 1.82) is 0 Å². The van der Waals surface area contributed by atoms with Gasteiger partial charge in [-0.2, -0.15) is 4.98 Å². The molecule has 1 aromatic carbocycles. The lowest BCUT2D eigenvalue weighted by atomic mass is 10.2. The van der Waals surface area contributed by atoms with Gasteiger partial charge in [-0.3, -0.25) is 4.79 Å². The molecule has 1 amide bonds. The van der Waals surface area contributed by atoms with Crippen molar-refractivity contribution in [1.82, 2.24) is 19.6 Å². The molecular weight excluding hydrogens is 316 g/mol. The smallest absolute Gasteiger partial charge is 0.243 e. The first kappa shape index (κ1) is 15.9. The van der Waals surface area contributed by atoms with Crippen molar-refractivity contribution in [3.8, 4) is 0 Å². The number of amides is 1. The first-order chi connectivity index (χ1) is 12.2. The van der Waals surface area contributed by atoms with Crippen LogP contribution in [0.5, 0.6) is 0 Å². The van der Waals surface area contributed by atoms with Gasteiger partial charge in [-0.15, -0.1) is 0 Å². The second kappa shape index (κ2) is 6.35. The van der Waals surface area contributed by atoms with E-state index in [0.717, 1.165) is 24.9 Å². The second-order valence-electron chi connectivity index (χ2n) is 6.60. The Hall–Kier alpha value is -2.63. The lowest BCUT2D eigenvalue weighted by Gasteiger charge is -2.22. The molecule has 1 aliphatic rings. The fraction of sp³-hybridized carbons (Fsp3) is 0.421. The quantitative estimate of drug-likeness (QED) is 0.732. The van der Waals surface area contributed by atoms with Gasteiger partial charge < -0.3 is 14.0 Å². The first-order valence-corrected chi connectivity index (χ1v) is 8.83. The minimum atomic E-state index is -0.0699. The first-order valence-electron chi connectivity index (χ1n) is 8.83. The number of hydrogen-bond acceptors (Lipinski definition) is 4. The van der Waals surface area contributed by atoms with Crippen LogP contribution in [0.3, 0.4) is 0 Å². The van der Waals surface area contributed by atoms with Gasteiger partial charge in [0.2, 0.25) is 11.8 Å². The summed E-state index contributed by atoms with van der Waals surface area (Å²) in [6.07, 6.45) is 4.62. The molecule has 6 heteroatoms. The minimum Gasteiger partial charge on any atom is -0.339 e.